The summed E-state index contributed by atoms with van der Waals surface area (Å²) >= 11 is 0. The minimum Gasteiger partial charge on any atom is -0.459 e. The first-order chi connectivity index (χ1) is 10.7. The molecule has 1 aromatic carbocycles. The van der Waals surface area contributed by atoms with Crippen molar-refractivity contribution in [3.05, 3.63) is 70.0 Å². The lowest BCUT2D eigenvalue weighted by Gasteiger charge is -2.08. The second kappa shape index (κ2) is 5.89. The molecule has 1 amide bonds. The monoisotopic (exact) mass is 297 g/mol. The van der Waals surface area contributed by atoms with E-state index in [1.54, 1.807) is 18.2 Å². The van der Waals surface area contributed by atoms with Crippen LogP contribution in [-0.4, -0.2) is 5.91 Å². The van der Waals surface area contributed by atoms with E-state index in [-0.39, 0.29) is 18.2 Å². The third-order valence-corrected chi connectivity index (χ3v) is 3.49. The number of carbonyl (C=O) groups is 1. The number of benzene rings is 1. The Kier molecular flexibility index (Phi) is 3.78. The van der Waals surface area contributed by atoms with Gasteiger partial charge in [0.05, 0.1) is 6.26 Å². The van der Waals surface area contributed by atoms with Crippen molar-refractivity contribution >= 4 is 16.9 Å². The molecular formula is C17H15NO4. The number of hydrogen-bond acceptors (Lipinski definition) is 4. The quantitative estimate of drug-likeness (QED) is 0.752. The number of hydrogen-bond donors (Lipinski definition) is 1. The summed E-state index contributed by atoms with van der Waals surface area (Å²) in [6.45, 7) is 2.29. The molecule has 112 valence electrons. The molecule has 0 aliphatic rings. The summed E-state index contributed by atoms with van der Waals surface area (Å²) < 4.78 is 10.2. The van der Waals surface area contributed by atoms with E-state index < -0.39 is 5.63 Å². The van der Waals surface area contributed by atoms with Crippen LogP contribution >= 0.6 is 0 Å². The average Bonchev–Trinajstić information content (AvgIpc) is 3.06. The topological polar surface area (TPSA) is 72.5 Å². The zero-order chi connectivity index (χ0) is 15.5. The minimum absolute atomic E-state index is 0.231. The highest BCUT2D eigenvalue weighted by Crippen LogP contribution is 2.19. The molecule has 0 aliphatic carbocycles. The largest absolute Gasteiger partial charge is 0.459 e. The Morgan fingerprint density at radius 3 is 2.82 bits per heavy atom. The van der Waals surface area contributed by atoms with E-state index in [1.807, 2.05) is 12.1 Å². The Labute approximate surface area is 126 Å². The van der Waals surface area contributed by atoms with Gasteiger partial charge in [-0.2, -0.15) is 0 Å². The van der Waals surface area contributed by atoms with Crippen LogP contribution in [0.5, 0.6) is 0 Å². The third kappa shape index (κ3) is 2.79. The fraction of sp³-hybridized carbons (Fsp3) is 0.176. The summed E-state index contributed by atoms with van der Waals surface area (Å²) in [5.41, 5.74) is 1.95. The highest BCUT2D eigenvalue weighted by Gasteiger charge is 2.11. The summed E-state index contributed by atoms with van der Waals surface area (Å²) in [6, 6.07) is 10.3. The van der Waals surface area contributed by atoms with E-state index in [2.05, 4.69) is 12.2 Å². The first-order valence-corrected chi connectivity index (χ1v) is 7.04. The van der Waals surface area contributed by atoms with Crippen molar-refractivity contribution in [2.45, 2.75) is 19.9 Å². The van der Waals surface area contributed by atoms with E-state index in [1.165, 1.54) is 12.3 Å². The number of rotatable bonds is 4. The number of carbonyl (C=O) groups excluding carboxylic acids is 1. The van der Waals surface area contributed by atoms with Gasteiger partial charge in [0.15, 0.2) is 5.76 Å². The van der Waals surface area contributed by atoms with Crippen LogP contribution in [0.4, 0.5) is 0 Å². The fourth-order valence-corrected chi connectivity index (χ4v) is 2.31. The Morgan fingerprint density at radius 2 is 2.09 bits per heavy atom. The Balaban J connectivity index is 1.92. The van der Waals surface area contributed by atoms with E-state index in [4.69, 9.17) is 8.83 Å². The number of aryl methyl sites for hydroxylation is 1. The summed E-state index contributed by atoms with van der Waals surface area (Å²) in [6.07, 6.45) is 2.32. The summed E-state index contributed by atoms with van der Waals surface area (Å²) in [4.78, 5) is 23.6. The lowest BCUT2D eigenvalue weighted by molar-refractivity contribution is 0.0923. The predicted molar refractivity (Wildman–Crippen MR) is 81.7 cm³/mol. The molecule has 22 heavy (non-hydrogen) atoms. The van der Waals surface area contributed by atoms with Crippen molar-refractivity contribution in [3.8, 4) is 0 Å². The maximum atomic E-state index is 11.9. The molecule has 0 unspecified atom stereocenters. The molecule has 0 saturated heterocycles. The van der Waals surface area contributed by atoms with Crippen molar-refractivity contribution in [1.29, 1.82) is 0 Å². The first kappa shape index (κ1) is 14.1. The molecule has 0 saturated carbocycles. The highest BCUT2D eigenvalue weighted by molar-refractivity contribution is 5.91. The molecule has 0 atom stereocenters. The number of amides is 1. The lowest BCUT2D eigenvalue weighted by Crippen LogP contribution is -2.23. The smallest absolute Gasteiger partial charge is 0.336 e. The van der Waals surface area contributed by atoms with Gasteiger partial charge in [0, 0.05) is 18.0 Å². The van der Waals surface area contributed by atoms with Crippen LogP contribution in [-0.2, 0) is 13.0 Å². The number of fused-ring (bicyclic) bond motifs is 1. The lowest BCUT2D eigenvalue weighted by atomic mass is 10.1. The summed E-state index contributed by atoms with van der Waals surface area (Å²) in [5.74, 6) is -0.0837. The van der Waals surface area contributed by atoms with Gasteiger partial charge >= 0.3 is 5.63 Å². The standard InChI is InChI=1S/C17H15NO4/c1-2-11-5-6-14-13(8-11)12(9-16(19)22-14)10-18-17(20)15-4-3-7-21-15/h3-9H,2,10H2,1H3,(H,18,20). The van der Waals surface area contributed by atoms with Gasteiger partial charge in [-0.05, 0) is 41.8 Å². The van der Waals surface area contributed by atoms with Crippen LogP contribution in [0.25, 0.3) is 11.0 Å². The molecule has 5 nitrogen and oxygen atoms in total. The minimum atomic E-state index is -0.431. The van der Waals surface area contributed by atoms with Gasteiger partial charge in [-0.15, -0.1) is 0 Å². The van der Waals surface area contributed by atoms with Gasteiger partial charge < -0.3 is 14.2 Å². The molecule has 0 fully saturated rings. The summed E-state index contributed by atoms with van der Waals surface area (Å²) in [7, 11) is 0. The molecule has 0 bridgehead atoms. The molecular weight excluding hydrogens is 282 g/mol. The summed E-state index contributed by atoms with van der Waals surface area (Å²) in [5, 5.41) is 3.58. The van der Waals surface area contributed by atoms with Crippen LogP contribution in [0, 0.1) is 0 Å². The van der Waals surface area contributed by atoms with Crippen molar-refractivity contribution in [2.24, 2.45) is 0 Å². The van der Waals surface area contributed by atoms with Crippen molar-refractivity contribution in [1.82, 2.24) is 5.32 Å². The molecule has 1 N–H and O–H groups in total. The van der Waals surface area contributed by atoms with Gasteiger partial charge in [-0.3, -0.25) is 4.79 Å². The van der Waals surface area contributed by atoms with E-state index in [0.717, 1.165) is 22.9 Å². The Bertz CT molecular complexity index is 862. The number of furan rings is 1. The van der Waals surface area contributed by atoms with Gasteiger partial charge in [0.2, 0.25) is 0 Å². The SMILES string of the molecule is CCc1ccc2oc(=O)cc(CNC(=O)c3ccco3)c2c1. The van der Waals surface area contributed by atoms with Crippen LogP contribution in [0.1, 0.15) is 28.6 Å². The van der Waals surface area contributed by atoms with E-state index in [9.17, 15) is 9.59 Å². The zero-order valence-corrected chi connectivity index (χ0v) is 12.1. The van der Waals surface area contributed by atoms with Crippen molar-refractivity contribution in [3.63, 3.8) is 0 Å². The van der Waals surface area contributed by atoms with Gasteiger partial charge in [0.25, 0.3) is 5.91 Å². The van der Waals surface area contributed by atoms with Gasteiger partial charge in [0.1, 0.15) is 5.58 Å². The molecule has 3 aromatic rings. The van der Waals surface area contributed by atoms with Crippen LogP contribution in [0.2, 0.25) is 0 Å². The number of nitrogens with one attached hydrogen (secondary N) is 1. The van der Waals surface area contributed by atoms with Crippen LogP contribution < -0.4 is 10.9 Å². The maximum Gasteiger partial charge on any atom is 0.336 e. The van der Waals surface area contributed by atoms with Gasteiger partial charge in [-0.1, -0.05) is 13.0 Å². The Hall–Kier alpha value is -2.82. The van der Waals surface area contributed by atoms with Crippen LogP contribution in [0.3, 0.4) is 0 Å². The normalized spacial score (nSPS) is 10.8. The second-order valence-corrected chi connectivity index (χ2v) is 4.93. The van der Waals surface area contributed by atoms with E-state index in [0.29, 0.717) is 5.58 Å². The molecule has 3 rings (SSSR count). The second-order valence-electron chi connectivity index (χ2n) is 4.93. The molecule has 5 heteroatoms. The maximum absolute atomic E-state index is 11.9. The average molecular weight is 297 g/mol. The van der Waals surface area contributed by atoms with Crippen molar-refractivity contribution in [2.75, 3.05) is 0 Å². The molecule has 0 spiro atoms. The first-order valence-electron chi connectivity index (χ1n) is 7.04. The van der Waals surface area contributed by atoms with Crippen LogP contribution in [0.15, 0.2) is 56.3 Å². The molecule has 2 heterocycles. The van der Waals surface area contributed by atoms with Gasteiger partial charge in [-0.25, -0.2) is 4.79 Å². The molecule has 0 aliphatic heterocycles. The zero-order valence-electron chi connectivity index (χ0n) is 12.1. The molecule has 2 aromatic heterocycles. The van der Waals surface area contributed by atoms with E-state index >= 15 is 0 Å². The highest BCUT2D eigenvalue weighted by atomic mass is 16.4. The van der Waals surface area contributed by atoms with Crippen molar-refractivity contribution < 1.29 is 13.6 Å². The molecule has 0 radical (unpaired) electrons. The third-order valence-electron chi connectivity index (χ3n) is 3.49. The Morgan fingerprint density at radius 1 is 1.23 bits per heavy atom. The fourth-order valence-electron chi connectivity index (χ4n) is 2.31. The predicted octanol–water partition coefficient (Wildman–Crippen LogP) is 2.88.